The fraction of sp³-hybridized carbons (Fsp3) is 0.727. The Morgan fingerprint density at radius 1 is 1.15 bits per heavy atom. The van der Waals surface area contributed by atoms with E-state index in [-0.39, 0.29) is 11.2 Å². The molecule has 4 nitrogen and oxygen atoms in total. The van der Waals surface area contributed by atoms with Crippen molar-refractivity contribution in [3.63, 3.8) is 0 Å². The van der Waals surface area contributed by atoms with Gasteiger partial charge in [-0.15, -0.1) is 0 Å². The third-order valence-electron chi connectivity index (χ3n) is 7.91. The highest BCUT2D eigenvalue weighted by atomic mass is 127. The van der Waals surface area contributed by atoms with Gasteiger partial charge in [0, 0.05) is 18.9 Å². The molecule has 4 atom stereocenters. The molecule has 0 amide bonds. The molecule has 4 aliphatic rings. The Bertz CT molecular complexity index is 729. The van der Waals surface area contributed by atoms with Gasteiger partial charge in [-0.1, -0.05) is 6.92 Å². The largest absolute Gasteiger partial charge is 0.466 e. The van der Waals surface area contributed by atoms with Gasteiger partial charge in [0.05, 0.1) is 16.8 Å². The number of aryl methyl sites for hydroxylation is 1. The summed E-state index contributed by atoms with van der Waals surface area (Å²) in [5.41, 5.74) is 3.22. The van der Waals surface area contributed by atoms with E-state index in [9.17, 15) is 0 Å². The first kappa shape index (κ1) is 18.6. The number of methoxy groups -OCH3 is 1. The number of fused-ring (bicyclic) bond motifs is 6. The second kappa shape index (κ2) is 6.85. The number of benzene rings is 1. The van der Waals surface area contributed by atoms with Crippen molar-refractivity contribution in [3.05, 3.63) is 26.8 Å². The molecule has 27 heavy (non-hydrogen) atoms. The minimum atomic E-state index is -0.296. The molecule has 0 bridgehead atoms. The molecule has 0 unspecified atom stereocenters. The summed E-state index contributed by atoms with van der Waals surface area (Å²) >= 11 is 2.41. The summed E-state index contributed by atoms with van der Waals surface area (Å²) in [6.45, 7) is 4.29. The van der Waals surface area contributed by atoms with Gasteiger partial charge in [0.1, 0.15) is 5.75 Å². The van der Waals surface area contributed by atoms with Crippen molar-refractivity contribution in [1.82, 2.24) is 0 Å². The second-order valence-electron chi connectivity index (χ2n) is 8.89. The third kappa shape index (κ3) is 2.71. The Labute approximate surface area is 175 Å². The van der Waals surface area contributed by atoms with Gasteiger partial charge in [-0.25, -0.2) is 0 Å². The molecule has 1 heterocycles. The van der Waals surface area contributed by atoms with E-state index < -0.39 is 0 Å². The highest BCUT2D eigenvalue weighted by Crippen LogP contribution is 2.66. The van der Waals surface area contributed by atoms with E-state index in [2.05, 4.69) is 41.6 Å². The maximum Gasteiger partial charge on any atom is 0.188 e. The van der Waals surface area contributed by atoms with Crippen LogP contribution >= 0.6 is 22.6 Å². The first-order chi connectivity index (χ1) is 13.1. The Morgan fingerprint density at radius 3 is 2.74 bits per heavy atom. The Morgan fingerprint density at radius 2 is 1.96 bits per heavy atom. The van der Waals surface area contributed by atoms with Gasteiger partial charge in [0.25, 0.3) is 0 Å². The highest BCUT2D eigenvalue weighted by molar-refractivity contribution is 14.1. The van der Waals surface area contributed by atoms with Crippen molar-refractivity contribution < 1.29 is 18.9 Å². The van der Waals surface area contributed by atoms with Crippen molar-refractivity contribution in [1.29, 1.82) is 0 Å². The monoisotopic (exact) mass is 484 g/mol. The summed E-state index contributed by atoms with van der Waals surface area (Å²) in [7, 11) is 1.67. The smallest absolute Gasteiger partial charge is 0.188 e. The van der Waals surface area contributed by atoms with Crippen LogP contribution in [0, 0.1) is 20.8 Å². The Balaban J connectivity index is 1.45. The Kier molecular flexibility index (Phi) is 4.73. The van der Waals surface area contributed by atoms with Crippen LogP contribution < -0.4 is 4.74 Å². The van der Waals surface area contributed by atoms with Gasteiger partial charge in [-0.3, -0.25) is 0 Å². The summed E-state index contributed by atoms with van der Waals surface area (Å²) in [4.78, 5) is 0. The molecule has 1 aromatic carbocycles. The zero-order valence-corrected chi connectivity index (χ0v) is 18.4. The summed E-state index contributed by atoms with van der Waals surface area (Å²) in [5, 5.41) is 0. The lowest BCUT2D eigenvalue weighted by atomic mass is 9.55. The fourth-order valence-electron chi connectivity index (χ4n) is 6.69. The van der Waals surface area contributed by atoms with Crippen LogP contribution in [-0.4, -0.2) is 32.9 Å². The van der Waals surface area contributed by atoms with Gasteiger partial charge in [-0.2, -0.15) is 0 Å². The molecular formula is C22H29IO4. The summed E-state index contributed by atoms with van der Waals surface area (Å²) in [6, 6.07) is 4.65. The van der Waals surface area contributed by atoms with Gasteiger partial charge in [0.15, 0.2) is 12.6 Å². The van der Waals surface area contributed by atoms with Crippen molar-refractivity contribution in [2.75, 3.05) is 27.1 Å². The molecule has 0 N–H and O–H groups in total. The van der Waals surface area contributed by atoms with Crippen LogP contribution in [-0.2, 0) is 20.6 Å². The molecule has 3 aliphatic carbocycles. The molecule has 1 saturated heterocycles. The molecule has 2 saturated carbocycles. The average Bonchev–Trinajstić information content (AvgIpc) is 3.26. The van der Waals surface area contributed by atoms with Crippen molar-refractivity contribution in [2.24, 2.45) is 17.3 Å². The third-order valence-corrected chi connectivity index (χ3v) is 8.75. The lowest BCUT2D eigenvalue weighted by Crippen LogP contribution is -2.51. The quantitative estimate of drug-likeness (QED) is 0.453. The van der Waals surface area contributed by atoms with Crippen LogP contribution in [0.2, 0.25) is 0 Å². The predicted molar refractivity (Wildman–Crippen MR) is 111 cm³/mol. The van der Waals surface area contributed by atoms with Gasteiger partial charge >= 0.3 is 0 Å². The first-order valence-electron chi connectivity index (χ1n) is 10.3. The minimum absolute atomic E-state index is 0.177. The van der Waals surface area contributed by atoms with E-state index in [0.717, 1.165) is 37.7 Å². The van der Waals surface area contributed by atoms with E-state index in [1.54, 1.807) is 12.7 Å². The number of ether oxygens (including phenoxy) is 4. The second-order valence-corrected chi connectivity index (χ2v) is 10.1. The van der Waals surface area contributed by atoms with E-state index >= 15 is 0 Å². The van der Waals surface area contributed by atoms with Crippen molar-refractivity contribution in [2.45, 2.75) is 57.2 Å². The maximum atomic E-state index is 6.24. The van der Waals surface area contributed by atoms with Crippen LogP contribution in [0.4, 0.5) is 0 Å². The number of hydrogen-bond acceptors (Lipinski definition) is 4. The molecule has 1 aromatic rings. The number of halogens is 1. The van der Waals surface area contributed by atoms with E-state index in [1.807, 2.05) is 0 Å². The van der Waals surface area contributed by atoms with Crippen LogP contribution in [0.1, 0.15) is 56.1 Å². The topological polar surface area (TPSA) is 36.9 Å². The molecule has 0 aromatic heterocycles. The molecule has 1 aliphatic heterocycles. The van der Waals surface area contributed by atoms with Crippen LogP contribution in [0.25, 0.3) is 0 Å². The SMILES string of the molecule is COCOc1cc2c(cc1I)[C@H]1CC[C@@]3(C)[C@@H](CCC34OCCO4)[C@@H]1CC2. The zero-order valence-electron chi connectivity index (χ0n) is 16.3. The highest BCUT2D eigenvalue weighted by Gasteiger charge is 2.64. The molecular weight excluding hydrogens is 455 g/mol. The van der Waals surface area contributed by atoms with Crippen LogP contribution in [0.15, 0.2) is 12.1 Å². The number of rotatable bonds is 3. The van der Waals surface area contributed by atoms with E-state index in [4.69, 9.17) is 18.9 Å². The molecule has 5 heteroatoms. The minimum Gasteiger partial charge on any atom is -0.466 e. The predicted octanol–water partition coefficient (Wildman–Crippen LogP) is 4.87. The molecule has 3 fully saturated rings. The molecule has 1 spiro atoms. The number of hydrogen-bond donors (Lipinski definition) is 0. The summed E-state index contributed by atoms with van der Waals surface area (Å²) in [6.07, 6.45) is 7.20. The maximum absolute atomic E-state index is 6.24. The lowest BCUT2D eigenvalue weighted by molar-refractivity contribution is -0.237. The zero-order chi connectivity index (χ0) is 18.6. The fourth-order valence-corrected chi connectivity index (χ4v) is 7.34. The van der Waals surface area contributed by atoms with Crippen molar-refractivity contribution in [3.8, 4) is 5.75 Å². The first-order valence-corrected chi connectivity index (χ1v) is 11.4. The molecule has 0 radical (unpaired) electrons. The Hall–Kier alpha value is -0.370. The van der Waals surface area contributed by atoms with E-state index in [0.29, 0.717) is 18.6 Å². The van der Waals surface area contributed by atoms with Crippen LogP contribution in [0.5, 0.6) is 5.75 Å². The van der Waals surface area contributed by atoms with E-state index in [1.165, 1.54) is 34.8 Å². The lowest BCUT2D eigenvalue weighted by Gasteiger charge is -2.52. The van der Waals surface area contributed by atoms with Gasteiger partial charge < -0.3 is 18.9 Å². The standard InChI is InChI=1S/C22H29IO4/c1-21-7-5-15-16(18(21)6-8-22(21)26-9-10-27-22)4-3-14-11-20(25-13-24-2)19(23)12-17(14)15/h11-12,15-16,18H,3-10,13H2,1-2H3/t15-,16+,18-,21-/m0/s1. The normalized spacial score (nSPS) is 36.3. The molecule has 148 valence electrons. The van der Waals surface area contributed by atoms with Crippen molar-refractivity contribution >= 4 is 22.6 Å². The summed E-state index contributed by atoms with van der Waals surface area (Å²) in [5.74, 6) is 2.81. The van der Waals surface area contributed by atoms with Crippen LogP contribution in [0.3, 0.4) is 0 Å². The average molecular weight is 484 g/mol. The van der Waals surface area contributed by atoms with Gasteiger partial charge in [-0.05, 0) is 95.7 Å². The van der Waals surface area contributed by atoms with Gasteiger partial charge in [0.2, 0.25) is 0 Å². The molecule has 5 rings (SSSR count). The summed E-state index contributed by atoms with van der Waals surface area (Å²) < 4.78 is 24.5.